The van der Waals surface area contributed by atoms with Gasteiger partial charge in [-0.15, -0.1) is 0 Å². The Labute approximate surface area is 89.1 Å². The van der Waals surface area contributed by atoms with E-state index >= 15 is 0 Å². The summed E-state index contributed by atoms with van der Waals surface area (Å²) >= 11 is 0. The summed E-state index contributed by atoms with van der Waals surface area (Å²) in [4.78, 5) is 8.49. The predicted octanol–water partition coefficient (Wildman–Crippen LogP) is 2.59. The molecule has 1 aromatic carbocycles. The summed E-state index contributed by atoms with van der Waals surface area (Å²) < 4.78 is 5.43. The molecule has 0 atom stereocenters. The summed E-state index contributed by atoms with van der Waals surface area (Å²) in [6.45, 7) is 4.75. The van der Waals surface area contributed by atoms with Crippen LogP contribution in [0.2, 0.25) is 0 Å². The van der Waals surface area contributed by atoms with Crippen molar-refractivity contribution in [3.8, 4) is 5.75 Å². The first-order valence-electron chi connectivity index (χ1n) is 5.21. The molecule has 0 aliphatic rings. The van der Waals surface area contributed by atoms with Crippen LogP contribution in [-0.4, -0.2) is 16.6 Å². The molecule has 0 radical (unpaired) electrons. The van der Waals surface area contributed by atoms with Gasteiger partial charge in [-0.25, -0.2) is 9.97 Å². The molecule has 0 saturated heterocycles. The number of fused-ring (bicyclic) bond motifs is 1. The zero-order chi connectivity index (χ0) is 10.7. The molecule has 1 heterocycles. The minimum absolute atomic E-state index is 0.678. The van der Waals surface area contributed by atoms with Gasteiger partial charge in [-0.1, -0.05) is 6.92 Å². The lowest BCUT2D eigenvalue weighted by atomic mass is 10.1. The largest absolute Gasteiger partial charge is 0.494 e. The Hall–Kier alpha value is -1.64. The molecule has 0 spiro atoms. The van der Waals surface area contributed by atoms with Crippen LogP contribution in [0.3, 0.4) is 0 Å². The normalized spacial score (nSPS) is 10.5. The van der Waals surface area contributed by atoms with Crippen LogP contribution in [0.15, 0.2) is 24.5 Å². The first-order chi connectivity index (χ1) is 7.35. The Bertz CT molecular complexity index is 468. The van der Waals surface area contributed by atoms with E-state index in [1.54, 1.807) is 6.33 Å². The van der Waals surface area contributed by atoms with E-state index in [0.29, 0.717) is 6.61 Å². The molecule has 0 aliphatic heterocycles. The summed E-state index contributed by atoms with van der Waals surface area (Å²) in [5.41, 5.74) is 2.04. The van der Waals surface area contributed by atoms with Gasteiger partial charge in [-0.05, 0) is 25.5 Å². The number of hydrogen-bond donors (Lipinski definition) is 0. The first-order valence-corrected chi connectivity index (χ1v) is 5.21. The Morgan fingerprint density at radius 2 is 2.07 bits per heavy atom. The maximum absolute atomic E-state index is 5.43. The van der Waals surface area contributed by atoms with Crippen molar-refractivity contribution in [1.29, 1.82) is 0 Å². The highest BCUT2D eigenvalue weighted by molar-refractivity contribution is 5.82. The second kappa shape index (κ2) is 4.26. The molecule has 0 fully saturated rings. The standard InChI is InChI=1S/C12H14N2O/c1-3-11-10-6-5-9(15-4-2)7-12(10)14-8-13-11/h5-8H,3-4H2,1-2H3. The molecule has 2 aromatic rings. The van der Waals surface area contributed by atoms with Gasteiger partial charge in [0, 0.05) is 11.5 Å². The van der Waals surface area contributed by atoms with Crippen molar-refractivity contribution in [2.24, 2.45) is 0 Å². The SMILES string of the molecule is CCOc1ccc2c(CC)ncnc2c1. The van der Waals surface area contributed by atoms with E-state index in [-0.39, 0.29) is 0 Å². The molecule has 0 bridgehead atoms. The fourth-order valence-electron chi connectivity index (χ4n) is 1.63. The number of ether oxygens (including phenoxy) is 1. The first kappa shape index (κ1) is 9.90. The van der Waals surface area contributed by atoms with Crippen LogP contribution in [0.1, 0.15) is 19.5 Å². The Kier molecular flexibility index (Phi) is 2.81. The zero-order valence-electron chi connectivity index (χ0n) is 9.03. The average molecular weight is 202 g/mol. The lowest BCUT2D eigenvalue weighted by molar-refractivity contribution is 0.340. The van der Waals surface area contributed by atoms with Crippen LogP contribution in [0.5, 0.6) is 5.75 Å². The van der Waals surface area contributed by atoms with Gasteiger partial charge in [0.15, 0.2) is 0 Å². The van der Waals surface area contributed by atoms with E-state index in [0.717, 1.165) is 28.8 Å². The predicted molar refractivity (Wildman–Crippen MR) is 60.1 cm³/mol. The number of aromatic nitrogens is 2. The molecule has 15 heavy (non-hydrogen) atoms. The second-order valence-electron chi connectivity index (χ2n) is 3.29. The van der Waals surface area contributed by atoms with Gasteiger partial charge in [0.05, 0.1) is 17.8 Å². The highest BCUT2D eigenvalue weighted by Crippen LogP contribution is 2.21. The van der Waals surface area contributed by atoms with Gasteiger partial charge in [-0.2, -0.15) is 0 Å². The highest BCUT2D eigenvalue weighted by Gasteiger charge is 2.02. The molecule has 0 unspecified atom stereocenters. The van der Waals surface area contributed by atoms with Crippen LogP contribution in [0.4, 0.5) is 0 Å². The Morgan fingerprint density at radius 1 is 1.20 bits per heavy atom. The third kappa shape index (κ3) is 1.91. The van der Waals surface area contributed by atoms with Crippen LogP contribution in [0, 0.1) is 0 Å². The number of nitrogens with zero attached hydrogens (tertiary/aromatic N) is 2. The molecule has 2 rings (SSSR count). The zero-order valence-corrected chi connectivity index (χ0v) is 9.03. The van der Waals surface area contributed by atoms with Gasteiger partial charge >= 0.3 is 0 Å². The van der Waals surface area contributed by atoms with E-state index in [4.69, 9.17) is 4.74 Å². The smallest absolute Gasteiger partial charge is 0.121 e. The number of aryl methyl sites for hydroxylation is 1. The maximum atomic E-state index is 5.43. The molecule has 0 amide bonds. The van der Waals surface area contributed by atoms with E-state index in [2.05, 4.69) is 16.9 Å². The van der Waals surface area contributed by atoms with Crippen molar-refractivity contribution in [3.63, 3.8) is 0 Å². The van der Waals surface area contributed by atoms with Crippen molar-refractivity contribution in [2.75, 3.05) is 6.61 Å². The average Bonchev–Trinajstić information content (AvgIpc) is 2.28. The van der Waals surface area contributed by atoms with Crippen molar-refractivity contribution >= 4 is 10.9 Å². The highest BCUT2D eigenvalue weighted by atomic mass is 16.5. The quantitative estimate of drug-likeness (QED) is 0.767. The summed E-state index contributed by atoms with van der Waals surface area (Å²) in [5.74, 6) is 0.866. The molecule has 78 valence electrons. The Morgan fingerprint density at radius 3 is 2.80 bits per heavy atom. The fraction of sp³-hybridized carbons (Fsp3) is 0.333. The van der Waals surface area contributed by atoms with Crippen molar-refractivity contribution in [2.45, 2.75) is 20.3 Å². The molecular weight excluding hydrogens is 188 g/mol. The van der Waals surface area contributed by atoms with Gasteiger partial charge in [0.25, 0.3) is 0 Å². The summed E-state index contributed by atoms with van der Waals surface area (Å²) in [7, 11) is 0. The molecule has 0 saturated carbocycles. The third-order valence-corrected chi connectivity index (χ3v) is 2.34. The van der Waals surface area contributed by atoms with Crippen molar-refractivity contribution in [3.05, 3.63) is 30.2 Å². The summed E-state index contributed by atoms with van der Waals surface area (Å²) in [6, 6.07) is 5.95. The third-order valence-electron chi connectivity index (χ3n) is 2.34. The van der Waals surface area contributed by atoms with Crippen molar-refractivity contribution in [1.82, 2.24) is 9.97 Å². The van der Waals surface area contributed by atoms with Crippen LogP contribution >= 0.6 is 0 Å². The van der Waals surface area contributed by atoms with E-state index in [1.807, 2.05) is 25.1 Å². The molecule has 3 nitrogen and oxygen atoms in total. The maximum Gasteiger partial charge on any atom is 0.121 e. The minimum atomic E-state index is 0.678. The lowest BCUT2D eigenvalue weighted by Crippen LogP contribution is -1.94. The van der Waals surface area contributed by atoms with Crippen LogP contribution in [-0.2, 0) is 6.42 Å². The van der Waals surface area contributed by atoms with Gasteiger partial charge in [-0.3, -0.25) is 0 Å². The monoisotopic (exact) mass is 202 g/mol. The summed E-state index contributed by atoms with van der Waals surface area (Å²) in [5, 5.41) is 1.11. The van der Waals surface area contributed by atoms with Crippen molar-refractivity contribution < 1.29 is 4.74 Å². The van der Waals surface area contributed by atoms with E-state index in [1.165, 1.54) is 0 Å². The molecular formula is C12H14N2O. The summed E-state index contributed by atoms with van der Waals surface area (Å²) in [6.07, 6.45) is 2.53. The van der Waals surface area contributed by atoms with Gasteiger partial charge in [0.2, 0.25) is 0 Å². The number of hydrogen-bond acceptors (Lipinski definition) is 3. The fourth-order valence-corrected chi connectivity index (χ4v) is 1.63. The van der Waals surface area contributed by atoms with Gasteiger partial charge < -0.3 is 4.74 Å². The van der Waals surface area contributed by atoms with Crippen LogP contribution in [0.25, 0.3) is 10.9 Å². The van der Waals surface area contributed by atoms with Gasteiger partial charge in [0.1, 0.15) is 12.1 Å². The molecule has 1 aromatic heterocycles. The molecule has 3 heteroatoms. The minimum Gasteiger partial charge on any atom is -0.494 e. The number of benzene rings is 1. The lowest BCUT2D eigenvalue weighted by Gasteiger charge is -2.05. The molecule has 0 aliphatic carbocycles. The van der Waals surface area contributed by atoms with E-state index < -0.39 is 0 Å². The molecule has 0 N–H and O–H groups in total. The van der Waals surface area contributed by atoms with Crippen LogP contribution < -0.4 is 4.74 Å². The number of rotatable bonds is 3. The topological polar surface area (TPSA) is 35.0 Å². The Balaban J connectivity index is 2.53. The van der Waals surface area contributed by atoms with E-state index in [9.17, 15) is 0 Å². The second-order valence-corrected chi connectivity index (χ2v) is 3.29.